The minimum absolute atomic E-state index is 0.120. The van der Waals surface area contributed by atoms with Crippen LogP contribution in [0.2, 0.25) is 0 Å². The van der Waals surface area contributed by atoms with Crippen molar-refractivity contribution in [3.63, 3.8) is 0 Å². The van der Waals surface area contributed by atoms with Gasteiger partial charge in [0.2, 0.25) is 0 Å². The van der Waals surface area contributed by atoms with Gasteiger partial charge in [0.1, 0.15) is 0 Å². The van der Waals surface area contributed by atoms with Crippen LogP contribution in [0, 0.1) is 0 Å². The maximum Gasteiger partial charge on any atom is 0.177 e. The van der Waals surface area contributed by atoms with Gasteiger partial charge >= 0.3 is 0 Å². The number of aromatic amines is 1. The van der Waals surface area contributed by atoms with Crippen LogP contribution in [0.5, 0.6) is 0 Å². The molecule has 0 aliphatic heterocycles. The monoisotopic (exact) mass is 206 g/mol. The van der Waals surface area contributed by atoms with Gasteiger partial charge in [-0.15, -0.1) is 10.2 Å². The second-order valence-corrected chi connectivity index (χ2v) is 5.33. The van der Waals surface area contributed by atoms with Crippen LogP contribution in [0.15, 0.2) is 6.07 Å². The van der Waals surface area contributed by atoms with Crippen LogP contribution < -0.4 is 0 Å². The molecule has 0 saturated carbocycles. The minimum atomic E-state index is 0.120. The summed E-state index contributed by atoms with van der Waals surface area (Å²) < 4.78 is 1.98. The van der Waals surface area contributed by atoms with E-state index in [0.717, 1.165) is 11.5 Å². The standard InChI is InChI=1S/C11H18N4/c1-7(2)10-13-12-9-6-8(11(3,4)5)14-15(9)10/h6-7,14H,1-5H3. The zero-order chi connectivity index (χ0) is 11.2. The number of fused-ring (bicyclic) bond motifs is 1. The second kappa shape index (κ2) is 3.08. The van der Waals surface area contributed by atoms with Gasteiger partial charge in [-0.3, -0.25) is 5.10 Å². The highest BCUT2D eigenvalue weighted by molar-refractivity contribution is 5.41. The van der Waals surface area contributed by atoms with E-state index in [-0.39, 0.29) is 5.41 Å². The molecule has 0 amide bonds. The number of hydrogen-bond donors (Lipinski definition) is 1. The largest absolute Gasteiger partial charge is 0.295 e. The molecule has 0 aromatic carbocycles. The molecule has 0 aliphatic rings. The Morgan fingerprint density at radius 1 is 1.27 bits per heavy atom. The summed E-state index contributed by atoms with van der Waals surface area (Å²) in [5, 5.41) is 11.7. The van der Waals surface area contributed by atoms with E-state index in [1.807, 2.05) is 4.52 Å². The molecule has 0 unspecified atom stereocenters. The fraction of sp³-hybridized carbons (Fsp3) is 0.636. The van der Waals surface area contributed by atoms with Crippen molar-refractivity contribution < 1.29 is 0 Å². The quantitative estimate of drug-likeness (QED) is 0.779. The van der Waals surface area contributed by atoms with Crippen LogP contribution in [-0.2, 0) is 5.41 Å². The molecule has 4 nitrogen and oxygen atoms in total. The lowest BCUT2D eigenvalue weighted by atomic mass is 9.93. The number of nitrogens with one attached hydrogen (secondary N) is 1. The third kappa shape index (κ3) is 1.64. The fourth-order valence-corrected chi connectivity index (χ4v) is 1.56. The summed E-state index contributed by atoms with van der Waals surface area (Å²) in [4.78, 5) is 0. The van der Waals surface area contributed by atoms with Crippen molar-refractivity contribution in [3.8, 4) is 0 Å². The fourth-order valence-electron chi connectivity index (χ4n) is 1.56. The van der Waals surface area contributed by atoms with Crippen molar-refractivity contribution in [2.45, 2.75) is 46.0 Å². The smallest absolute Gasteiger partial charge is 0.177 e. The Bertz CT molecular complexity index is 470. The van der Waals surface area contributed by atoms with Crippen LogP contribution in [0.3, 0.4) is 0 Å². The zero-order valence-corrected chi connectivity index (χ0v) is 10.00. The SMILES string of the molecule is CC(C)c1nnc2cc(C(C)(C)C)[nH]n12. The van der Waals surface area contributed by atoms with Gasteiger partial charge < -0.3 is 0 Å². The second-order valence-electron chi connectivity index (χ2n) is 5.33. The number of hydrogen-bond acceptors (Lipinski definition) is 2. The summed E-state index contributed by atoms with van der Waals surface area (Å²) in [5.41, 5.74) is 2.22. The van der Waals surface area contributed by atoms with E-state index in [9.17, 15) is 0 Å². The maximum atomic E-state index is 4.16. The highest BCUT2D eigenvalue weighted by Gasteiger charge is 2.19. The van der Waals surface area contributed by atoms with E-state index < -0.39 is 0 Å². The lowest BCUT2D eigenvalue weighted by Gasteiger charge is -2.15. The first-order chi connectivity index (χ1) is 6.89. The lowest BCUT2D eigenvalue weighted by Crippen LogP contribution is -2.12. The molecule has 2 heterocycles. The van der Waals surface area contributed by atoms with Gasteiger partial charge in [-0.05, 0) is 0 Å². The van der Waals surface area contributed by atoms with Crippen molar-refractivity contribution in [2.24, 2.45) is 0 Å². The Kier molecular flexibility index (Phi) is 2.10. The van der Waals surface area contributed by atoms with Crippen molar-refractivity contribution in [2.75, 3.05) is 0 Å². The topological polar surface area (TPSA) is 46.0 Å². The van der Waals surface area contributed by atoms with Gasteiger partial charge in [-0.25, -0.2) is 4.52 Å². The Morgan fingerprint density at radius 3 is 2.47 bits per heavy atom. The first-order valence-corrected chi connectivity index (χ1v) is 5.34. The molecule has 2 rings (SSSR count). The summed E-state index contributed by atoms with van der Waals surface area (Å²) in [7, 11) is 0. The number of nitrogens with zero attached hydrogens (tertiary/aromatic N) is 3. The molecule has 0 saturated heterocycles. The van der Waals surface area contributed by atoms with Gasteiger partial charge in [-0.2, -0.15) is 0 Å². The lowest BCUT2D eigenvalue weighted by molar-refractivity contribution is 0.558. The third-order valence-electron chi connectivity index (χ3n) is 2.54. The molecule has 0 radical (unpaired) electrons. The highest BCUT2D eigenvalue weighted by atomic mass is 15.4. The molecule has 2 aromatic rings. The average molecular weight is 206 g/mol. The zero-order valence-electron chi connectivity index (χ0n) is 10.00. The van der Waals surface area contributed by atoms with E-state index in [4.69, 9.17) is 0 Å². The highest BCUT2D eigenvalue weighted by Crippen LogP contribution is 2.23. The number of H-pyrrole nitrogens is 1. The summed E-state index contributed by atoms with van der Waals surface area (Å²) in [5.74, 6) is 1.37. The third-order valence-corrected chi connectivity index (χ3v) is 2.54. The molecule has 15 heavy (non-hydrogen) atoms. The summed E-state index contributed by atoms with van der Waals surface area (Å²) in [6.45, 7) is 10.8. The van der Waals surface area contributed by atoms with Crippen molar-refractivity contribution in [1.29, 1.82) is 0 Å². The predicted molar refractivity (Wildman–Crippen MR) is 60.1 cm³/mol. The Morgan fingerprint density at radius 2 is 1.93 bits per heavy atom. The van der Waals surface area contributed by atoms with Crippen LogP contribution >= 0.6 is 0 Å². The van der Waals surface area contributed by atoms with Crippen LogP contribution in [0.4, 0.5) is 0 Å². The average Bonchev–Trinajstić information content (AvgIpc) is 2.56. The molecule has 0 bridgehead atoms. The summed E-state index contributed by atoms with van der Waals surface area (Å²) in [6.07, 6.45) is 0. The Labute approximate surface area is 89.7 Å². The van der Waals surface area contributed by atoms with Crippen LogP contribution in [0.1, 0.15) is 52.1 Å². The van der Waals surface area contributed by atoms with Gasteiger partial charge in [-0.1, -0.05) is 34.6 Å². The van der Waals surface area contributed by atoms with Crippen molar-refractivity contribution >= 4 is 5.65 Å². The first kappa shape index (κ1) is 10.2. The van der Waals surface area contributed by atoms with Gasteiger partial charge in [0.25, 0.3) is 0 Å². The van der Waals surface area contributed by atoms with E-state index in [1.165, 1.54) is 5.69 Å². The first-order valence-electron chi connectivity index (χ1n) is 5.34. The molecule has 1 N–H and O–H groups in total. The normalized spacial score (nSPS) is 12.9. The molecule has 82 valence electrons. The van der Waals surface area contributed by atoms with Crippen molar-refractivity contribution in [1.82, 2.24) is 19.8 Å². The predicted octanol–water partition coefficient (Wildman–Crippen LogP) is 2.48. The molecule has 0 fully saturated rings. The maximum absolute atomic E-state index is 4.16. The minimum Gasteiger partial charge on any atom is -0.295 e. The molecule has 4 heteroatoms. The Balaban J connectivity index is 2.57. The van der Waals surface area contributed by atoms with E-state index in [1.54, 1.807) is 0 Å². The van der Waals surface area contributed by atoms with Gasteiger partial charge in [0.05, 0.1) is 0 Å². The van der Waals surface area contributed by atoms with E-state index in [0.29, 0.717) is 5.92 Å². The molecule has 0 atom stereocenters. The summed E-state index contributed by atoms with van der Waals surface area (Å²) in [6, 6.07) is 2.07. The van der Waals surface area contributed by atoms with E-state index in [2.05, 4.69) is 56.0 Å². The van der Waals surface area contributed by atoms with E-state index >= 15 is 0 Å². The molecule has 2 aromatic heterocycles. The van der Waals surface area contributed by atoms with Crippen LogP contribution in [0.25, 0.3) is 5.65 Å². The molecule has 0 spiro atoms. The van der Waals surface area contributed by atoms with Crippen molar-refractivity contribution in [3.05, 3.63) is 17.6 Å². The molecule has 0 aliphatic carbocycles. The number of rotatable bonds is 1. The Hall–Kier alpha value is -1.32. The molecular weight excluding hydrogens is 188 g/mol. The van der Waals surface area contributed by atoms with Crippen LogP contribution in [-0.4, -0.2) is 19.8 Å². The number of aromatic nitrogens is 4. The molecular formula is C11H18N4. The van der Waals surface area contributed by atoms with Gasteiger partial charge in [0, 0.05) is 23.1 Å². The summed E-state index contributed by atoms with van der Waals surface area (Å²) >= 11 is 0. The van der Waals surface area contributed by atoms with Gasteiger partial charge in [0.15, 0.2) is 11.5 Å².